The molecule has 0 bridgehead atoms. The summed E-state index contributed by atoms with van der Waals surface area (Å²) in [5.74, 6) is -0.0670. The first kappa shape index (κ1) is 11.4. The third-order valence-corrected chi connectivity index (χ3v) is 2.46. The molecule has 3 nitrogen and oxygen atoms in total. The van der Waals surface area contributed by atoms with Gasteiger partial charge in [-0.05, 0) is 43.2 Å². The van der Waals surface area contributed by atoms with Gasteiger partial charge in [-0.25, -0.2) is 9.37 Å². The van der Waals surface area contributed by atoms with Crippen LogP contribution in [0.15, 0.2) is 30.5 Å². The Morgan fingerprint density at radius 2 is 2.00 bits per heavy atom. The second kappa shape index (κ2) is 4.41. The average molecular weight is 232 g/mol. The maximum atomic E-state index is 13.5. The SMILES string of the molecule is Cc1ccc(F)c(Oc2nccc(C)c2N)c1. The van der Waals surface area contributed by atoms with Crippen LogP contribution in [0.1, 0.15) is 11.1 Å². The molecule has 1 aromatic carbocycles. The lowest BCUT2D eigenvalue weighted by Gasteiger charge is -2.09. The lowest BCUT2D eigenvalue weighted by atomic mass is 10.2. The summed E-state index contributed by atoms with van der Waals surface area (Å²) in [6, 6.07) is 6.42. The summed E-state index contributed by atoms with van der Waals surface area (Å²) in [4.78, 5) is 3.99. The Morgan fingerprint density at radius 3 is 2.76 bits per heavy atom. The van der Waals surface area contributed by atoms with Gasteiger partial charge in [-0.1, -0.05) is 6.07 Å². The number of anilines is 1. The predicted octanol–water partition coefficient (Wildman–Crippen LogP) is 3.21. The normalized spacial score (nSPS) is 10.3. The summed E-state index contributed by atoms with van der Waals surface area (Å²) in [6.45, 7) is 3.70. The van der Waals surface area contributed by atoms with Crippen molar-refractivity contribution in [2.45, 2.75) is 13.8 Å². The summed E-state index contributed by atoms with van der Waals surface area (Å²) in [5, 5.41) is 0. The molecular weight excluding hydrogens is 219 g/mol. The fraction of sp³-hybridized carbons (Fsp3) is 0.154. The van der Waals surface area contributed by atoms with E-state index in [0.717, 1.165) is 11.1 Å². The highest BCUT2D eigenvalue weighted by Crippen LogP contribution is 2.29. The smallest absolute Gasteiger partial charge is 0.243 e. The molecule has 0 atom stereocenters. The Bertz CT molecular complexity index is 555. The molecule has 0 aliphatic carbocycles. The van der Waals surface area contributed by atoms with Gasteiger partial charge >= 0.3 is 0 Å². The van der Waals surface area contributed by atoms with Crippen LogP contribution < -0.4 is 10.5 Å². The van der Waals surface area contributed by atoms with E-state index >= 15 is 0 Å². The second-order valence-corrected chi connectivity index (χ2v) is 3.88. The third kappa shape index (κ3) is 2.36. The van der Waals surface area contributed by atoms with Crippen LogP contribution in [-0.2, 0) is 0 Å². The number of nitrogen functional groups attached to an aromatic ring is 1. The summed E-state index contributed by atoms with van der Waals surface area (Å²) in [7, 11) is 0. The second-order valence-electron chi connectivity index (χ2n) is 3.88. The number of aromatic nitrogens is 1. The monoisotopic (exact) mass is 232 g/mol. The van der Waals surface area contributed by atoms with Crippen molar-refractivity contribution in [1.82, 2.24) is 4.98 Å². The minimum absolute atomic E-state index is 0.134. The summed E-state index contributed by atoms with van der Waals surface area (Å²) >= 11 is 0. The van der Waals surface area contributed by atoms with Crippen LogP contribution >= 0.6 is 0 Å². The van der Waals surface area contributed by atoms with Gasteiger partial charge in [-0.15, -0.1) is 0 Å². The number of benzene rings is 1. The summed E-state index contributed by atoms with van der Waals surface area (Å²) in [6.07, 6.45) is 1.58. The van der Waals surface area contributed by atoms with Crippen molar-refractivity contribution in [2.75, 3.05) is 5.73 Å². The molecule has 17 heavy (non-hydrogen) atoms. The minimum Gasteiger partial charge on any atom is -0.434 e. The van der Waals surface area contributed by atoms with E-state index in [2.05, 4.69) is 4.98 Å². The number of halogens is 1. The van der Waals surface area contributed by atoms with Crippen LogP contribution in [0.25, 0.3) is 0 Å². The molecule has 88 valence electrons. The van der Waals surface area contributed by atoms with Crippen molar-refractivity contribution < 1.29 is 9.13 Å². The van der Waals surface area contributed by atoms with Crippen molar-refractivity contribution in [1.29, 1.82) is 0 Å². The molecular formula is C13H13FN2O. The van der Waals surface area contributed by atoms with Crippen LogP contribution in [0.4, 0.5) is 10.1 Å². The first-order valence-corrected chi connectivity index (χ1v) is 5.23. The third-order valence-electron chi connectivity index (χ3n) is 2.46. The van der Waals surface area contributed by atoms with Gasteiger partial charge in [0.1, 0.15) is 0 Å². The first-order valence-electron chi connectivity index (χ1n) is 5.23. The van der Waals surface area contributed by atoms with Gasteiger partial charge in [0.25, 0.3) is 0 Å². The zero-order valence-corrected chi connectivity index (χ0v) is 9.70. The van der Waals surface area contributed by atoms with Crippen LogP contribution in [0.2, 0.25) is 0 Å². The number of hydrogen-bond acceptors (Lipinski definition) is 3. The summed E-state index contributed by atoms with van der Waals surface area (Å²) in [5.41, 5.74) is 7.99. The molecule has 2 rings (SSSR count). The van der Waals surface area contributed by atoms with Crippen LogP contribution in [0.3, 0.4) is 0 Å². The lowest BCUT2D eigenvalue weighted by Crippen LogP contribution is -1.98. The van der Waals surface area contributed by atoms with Crippen LogP contribution in [0, 0.1) is 19.7 Å². The molecule has 4 heteroatoms. The molecule has 0 radical (unpaired) electrons. The molecule has 0 saturated heterocycles. The van der Waals surface area contributed by atoms with E-state index in [1.165, 1.54) is 6.07 Å². The van der Waals surface area contributed by atoms with Crippen LogP contribution in [0.5, 0.6) is 11.6 Å². The van der Waals surface area contributed by atoms with Gasteiger partial charge < -0.3 is 10.5 Å². The number of pyridine rings is 1. The largest absolute Gasteiger partial charge is 0.434 e. The van der Waals surface area contributed by atoms with Gasteiger partial charge in [0.05, 0.1) is 5.69 Å². The van der Waals surface area contributed by atoms with Crippen molar-refractivity contribution in [3.8, 4) is 11.6 Å². The molecule has 1 aromatic heterocycles. The predicted molar refractivity (Wildman–Crippen MR) is 64.6 cm³/mol. The van der Waals surface area contributed by atoms with E-state index < -0.39 is 5.82 Å². The van der Waals surface area contributed by atoms with Crippen molar-refractivity contribution >= 4 is 5.69 Å². The molecule has 0 amide bonds. The van der Waals surface area contributed by atoms with Crippen LogP contribution in [-0.4, -0.2) is 4.98 Å². The molecule has 2 N–H and O–H groups in total. The molecule has 0 saturated carbocycles. The van der Waals surface area contributed by atoms with E-state index in [-0.39, 0.29) is 11.6 Å². The zero-order chi connectivity index (χ0) is 12.4. The fourth-order valence-electron chi connectivity index (χ4n) is 1.42. The quantitative estimate of drug-likeness (QED) is 0.864. The number of ether oxygens (including phenoxy) is 1. The van der Waals surface area contributed by atoms with Crippen molar-refractivity contribution in [3.63, 3.8) is 0 Å². The van der Waals surface area contributed by atoms with Gasteiger partial charge in [0.2, 0.25) is 5.88 Å². The molecule has 0 fully saturated rings. The van der Waals surface area contributed by atoms with E-state index in [1.54, 1.807) is 24.4 Å². The number of aryl methyl sites for hydroxylation is 2. The van der Waals surface area contributed by atoms with E-state index in [1.807, 2.05) is 13.8 Å². The fourth-order valence-corrected chi connectivity index (χ4v) is 1.42. The van der Waals surface area contributed by atoms with Crippen molar-refractivity contribution in [3.05, 3.63) is 47.4 Å². The Balaban J connectivity index is 2.38. The molecule has 0 aliphatic heterocycles. The highest BCUT2D eigenvalue weighted by molar-refractivity contribution is 5.55. The molecule has 2 aromatic rings. The maximum Gasteiger partial charge on any atom is 0.243 e. The lowest BCUT2D eigenvalue weighted by molar-refractivity contribution is 0.429. The average Bonchev–Trinajstić information content (AvgIpc) is 2.30. The van der Waals surface area contributed by atoms with Gasteiger partial charge in [-0.2, -0.15) is 0 Å². The van der Waals surface area contributed by atoms with E-state index in [0.29, 0.717) is 5.69 Å². The highest BCUT2D eigenvalue weighted by atomic mass is 19.1. The summed E-state index contributed by atoms with van der Waals surface area (Å²) < 4.78 is 18.9. The standard InChI is InChI=1S/C13H13FN2O/c1-8-3-4-10(14)11(7-8)17-13-12(15)9(2)5-6-16-13/h3-7H,15H2,1-2H3. The number of hydrogen-bond donors (Lipinski definition) is 1. The number of nitrogens with two attached hydrogens (primary N) is 1. The Morgan fingerprint density at radius 1 is 1.24 bits per heavy atom. The Labute approximate surface area is 99.1 Å². The Hall–Kier alpha value is -2.10. The molecule has 1 heterocycles. The first-order chi connectivity index (χ1) is 8.08. The van der Waals surface area contributed by atoms with Gasteiger partial charge in [-0.3, -0.25) is 0 Å². The molecule has 0 aliphatic rings. The molecule has 0 unspecified atom stereocenters. The highest BCUT2D eigenvalue weighted by Gasteiger charge is 2.09. The Kier molecular flexibility index (Phi) is 2.95. The zero-order valence-electron chi connectivity index (χ0n) is 9.70. The van der Waals surface area contributed by atoms with E-state index in [4.69, 9.17) is 10.5 Å². The van der Waals surface area contributed by atoms with Gasteiger partial charge in [0.15, 0.2) is 11.6 Å². The minimum atomic E-state index is -0.432. The number of rotatable bonds is 2. The molecule has 0 spiro atoms. The van der Waals surface area contributed by atoms with Crippen molar-refractivity contribution in [2.24, 2.45) is 0 Å². The van der Waals surface area contributed by atoms with E-state index in [9.17, 15) is 4.39 Å². The maximum absolute atomic E-state index is 13.5. The van der Waals surface area contributed by atoms with Gasteiger partial charge in [0, 0.05) is 6.20 Å². The topological polar surface area (TPSA) is 48.1 Å². The number of nitrogens with zero attached hydrogens (tertiary/aromatic N) is 1.